The Balaban J connectivity index is -0.000000122. The van der Waals surface area contributed by atoms with Crippen LogP contribution in [0.25, 0.3) is 0 Å². The predicted molar refractivity (Wildman–Crippen MR) is 272 cm³/mol. The summed E-state index contributed by atoms with van der Waals surface area (Å²) >= 11 is 0. The number of nitrogens with one attached hydrogen (secondary N) is 6. The number of aliphatic carboxylic acids is 1. The Bertz CT molecular complexity index is 721. The molecule has 0 amide bonds. The van der Waals surface area contributed by atoms with E-state index in [1.54, 1.807) is 0 Å². The molecular formula is C32H78Br8N8O6. The van der Waals surface area contributed by atoms with Crippen molar-refractivity contribution in [2.24, 2.45) is 0 Å². The fourth-order valence-electron chi connectivity index (χ4n) is 5.30. The fraction of sp³-hybridized carbons (Fsp3) is 0.781. The number of halogens is 8. The third kappa shape index (κ3) is 52.1. The van der Waals surface area contributed by atoms with Gasteiger partial charge in [-0.25, -0.2) is 0 Å². The second kappa shape index (κ2) is 61.7. The number of carboxylic acid groups (broad SMARTS) is 1. The maximum absolute atomic E-state index is 9.00. The zero-order chi connectivity index (χ0) is 29.9. The second-order valence-corrected chi connectivity index (χ2v) is 11.5. The quantitative estimate of drug-likeness (QED) is 0.233. The van der Waals surface area contributed by atoms with Crippen molar-refractivity contribution < 1.29 is 31.8 Å². The number of benzene rings is 1. The van der Waals surface area contributed by atoms with E-state index in [4.69, 9.17) is 9.90 Å². The Hall–Kier alpha value is 2.05. The molecule has 0 bridgehead atoms. The molecule has 2 fully saturated rings. The van der Waals surface area contributed by atoms with E-state index in [9.17, 15) is 0 Å². The maximum atomic E-state index is 9.00. The number of rotatable bonds is 4. The van der Waals surface area contributed by atoms with Crippen LogP contribution in [-0.4, -0.2) is 147 Å². The van der Waals surface area contributed by atoms with Gasteiger partial charge in [-0.3, -0.25) is 14.6 Å². The molecule has 14 nitrogen and oxygen atoms in total. The van der Waals surface area contributed by atoms with E-state index in [1.807, 2.05) is 0 Å². The van der Waals surface area contributed by atoms with E-state index in [-0.39, 0.29) is 158 Å². The second-order valence-electron chi connectivity index (χ2n) is 11.5. The molecule has 2 saturated heterocycles. The lowest BCUT2D eigenvalue weighted by Gasteiger charge is -2.24. The number of hydrogen-bond donors (Lipinski definition) is 7. The van der Waals surface area contributed by atoms with Crippen LogP contribution < -0.4 is 31.9 Å². The Morgan fingerprint density at radius 1 is 0.444 bits per heavy atom. The zero-order valence-electron chi connectivity index (χ0n) is 31.8. The summed E-state index contributed by atoms with van der Waals surface area (Å²) in [7, 11) is 0. The predicted octanol–water partition coefficient (Wildman–Crippen LogP) is 2.61. The molecule has 0 atom stereocenters. The SMILES string of the molecule is Br.Br.Br.Br.Br.Br.Br.Br.CC(=O)O.O.O.O.O.c1cc(CN2CCCNCCCNCCNCCC2)ccc1CN1CCCNCCCNCCNCCC1. The highest BCUT2D eigenvalue weighted by molar-refractivity contribution is 8.93. The summed E-state index contributed by atoms with van der Waals surface area (Å²) in [5.41, 5.74) is 2.88. The molecule has 0 unspecified atom stereocenters. The lowest BCUT2D eigenvalue weighted by Crippen LogP contribution is -2.31. The van der Waals surface area contributed by atoms with Gasteiger partial charge < -0.3 is 58.9 Å². The summed E-state index contributed by atoms with van der Waals surface area (Å²) in [4.78, 5) is 14.3. The summed E-state index contributed by atoms with van der Waals surface area (Å²) in [5, 5.41) is 28.9. The van der Waals surface area contributed by atoms with Crippen molar-refractivity contribution in [3.8, 4) is 0 Å². The maximum Gasteiger partial charge on any atom is 0.300 e. The molecule has 22 heteroatoms. The number of carboxylic acids is 1. The standard InChI is InChI=1S/C30H58N8.C2H4O2.8BrH.4H2O/c1-11-31-15-3-23-37(25-5-17-35-21-19-33-13-1)27-29-7-9-30(10-8-29)28-38-24-4-16-32-12-2-14-34-20-22-36-18-6-26-38;1-2(3)4;;;;;;;;;;;;/h7-10,31-36H,1-6,11-28H2;1H3,(H,3,4);8*1H;4*1H2. The monoisotopic (exact) mass is 1300 g/mol. The molecule has 2 aliphatic rings. The number of carbonyl (C=O) groups is 1. The minimum Gasteiger partial charge on any atom is -0.481 e. The summed E-state index contributed by atoms with van der Waals surface area (Å²) in [6, 6.07) is 9.49. The Morgan fingerprint density at radius 3 is 0.852 bits per heavy atom. The average Bonchev–Trinajstić information content (AvgIpc) is 2.99. The fourth-order valence-corrected chi connectivity index (χ4v) is 5.30. The van der Waals surface area contributed by atoms with Gasteiger partial charge in [0.15, 0.2) is 0 Å². The van der Waals surface area contributed by atoms with Crippen molar-refractivity contribution in [2.75, 3.05) is 105 Å². The normalized spacial score (nSPS) is 16.6. The smallest absolute Gasteiger partial charge is 0.300 e. The molecule has 54 heavy (non-hydrogen) atoms. The van der Waals surface area contributed by atoms with Crippen molar-refractivity contribution in [1.29, 1.82) is 0 Å². The van der Waals surface area contributed by atoms with Gasteiger partial charge in [0.05, 0.1) is 0 Å². The lowest BCUT2D eigenvalue weighted by atomic mass is 10.1. The van der Waals surface area contributed by atoms with Crippen molar-refractivity contribution >= 4 is 142 Å². The van der Waals surface area contributed by atoms with Crippen LogP contribution in [0.4, 0.5) is 0 Å². The molecule has 0 radical (unpaired) electrons. The van der Waals surface area contributed by atoms with Crippen LogP contribution in [0, 0.1) is 0 Å². The molecule has 338 valence electrons. The Labute approximate surface area is 410 Å². The van der Waals surface area contributed by atoms with Gasteiger partial charge in [0.1, 0.15) is 0 Å². The van der Waals surface area contributed by atoms with E-state index in [1.165, 1.54) is 62.7 Å². The van der Waals surface area contributed by atoms with Gasteiger partial charge in [0.25, 0.3) is 5.97 Å². The van der Waals surface area contributed by atoms with Crippen molar-refractivity contribution in [3.05, 3.63) is 35.4 Å². The molecule has 0 saturated carbocycles. The van der Waals surface area contributed by atoms with Crippen LogP contribution in [-0.2, 0) is 17.9 Å². The molecule has 15 N–H and O–H groups in total. The van der Waals surface area contributed by atoms with Crippen molar-refractivity contribution in [1.82, 2.24) is 41.7 Å². The summed E-state index contributed by atoms with van der Waals surface area (Å²) in [6.07, 6.45) is 7.27. The Kier molecular flexibility index (Phi) is 95.6. The first-order valence-corrected chi connectivity index (χ1v) is 16.6. The molecule has 3 rings (SSSR count). The highest BCUT2D eigenvalue weighted by Gasteiger charge is 2.09. The van der Waals surface area contributed by atoms with Crippen molar-refractivity contribution in [3.63, 3.8) is 0 Å². The van der Waals surface area contributed by atoms with Crippen LogP contribution in [0.5, 0.6) is 0 Å². The molecule has 2 heterocycles. The third-order valence-corrected chi connectivity index (χ3v) is 7.52. The highest BCUT2D eigenvalue weighted by Crippen LogP contribution is 2.12. The van der Waals surface area contributed by atoms with E-state index < -0.39 is 5.97 Å². The van der Waals surface area contributed by atoms with Crippen LogP contribution >= 0.6 is 136 Å². The van der Waals surface area contributed by atoms with Crippen molar-refractivity contribution in [2.45, 2.75) is 58.5 Å². The first-order chi connectivity index (χ1) is 20.6. The van der Waals surface area contributed by atoms with Gasteiger partial charge in [-0.1, -0.05) is 24.3 Å². The molecular weight excluding hydrogens is 1230 g/mol. The van der Waals surface area contributed by atoms with E-state index in [2.05, 4.69) is 66.0 Å². The Morgan fingerprint density at radius 2 is 0.630 bits per heavy atom. The summed E-state index contributed by atoms with van der Waals surface area (Å²) < 4.78 is 0. The van der Waals surface area contributed by atoms with Gasteiger partial charge in [0.2, 0.25) is 0 Å². The average molecular weight is 1310 g/mol. The summed E-state index contributed by atoms with van der Waals surface area (Å²) in [5.74, 6) is -0.833. The minimum absolute atomic E-state index is 0. The molecule has 0 aliphatic carbocycles. The summed E-state index contributed by atoms with van der Waals surface area (Å²) in [6.45, 7) is 21.0. The van der Waals surface area contributed by atoms with Crippen LogP contribution in [0.15, 0.2) is 24.3 Å². The van der Waals surface area contributed by atoms with E-state index in [0.29, 0.717) is 0 Å². The van der Waals surface area contributed by atoms with E-state index in [0.717, 1.165) is 112 Å². The number of hydrogen-bond acceptors (Lipinski definition) is 9. The van der Waals surface area contributed by atoms with Gasteiger partial charge in [-0.15, -0.1) is 136 Å². The molecule has 1 aromatic carbocycles. The lowest BCUT2D eigenvalue weighted by molar-refractivity contribution is -0.134. The van der Waals surface area contributed by atoms with Gasteiger partial charge in [0, 0.05) is 46.2 Å². The molecule has 2 aliphatic heterocycles. The van der Waals surface area contributed by atoms with Crippen LogP contribution in [0.3, 0.4) is 0 Å². The largest absolute Gasteiger partial charge is 0.481 e. The molecule has 0 aromatic heterocycles. The first kappa shape index (κ1) is 83.7. The first-order valence-electron chi connectivity index (χ1n) is 16.6. The minimum atomic E-state index is -0.833. The molecule has 1 aromatic rings. The molecule has 0 spiro atoms. The van der Waals surface area contributed by atoms with Gasteiger partial charge in [-0.05, 0) is 128 Å². The van der Waals surface area contributed by atoms with Gasteiger partial charge in [-0.2, -0.15) is 0 Å². The highest BCUT2D eigenvalue weighted by atomic mass is 79.9. The topological polar surface area (TPSA) is 242 Å². The van der Waals surface area contributed by atoms with Crippen LogP contribution in [0.2, 0.25) is 0 Å². The number of nitrogens with zero attached hydrogens (tertiary/aromatic N) is 2. The van der Waals surface area contributed by atoms with Gasteiger partial charge >= 0.3 is 0 Å². The zero-order valence-corrected chi connectivity index (χ0v) is 45.5. The van der Waals surface area contributed by atoms with Crippen LogP contribution in [0.1, 0.15) is 56.6 Å². The van der Waals surface area contributed by atoms with E-state index >= 15 is 0 Å². The third-order valence-electron chi connectivity index (χ3n) is 7.52.